The number of benzene rings is 2. The van der Waals surface area contributed by atoms with Gasteiger partial charge < -0.3 is 4.74 Å². The zero-order valence-corrected chi connectivity index (χ0v) is 16.8. The standard InChI is InChI=1S/C24H34O/c1-23(2,3)17-21(19-13-9-7-10-14-19)25-22(18-24(4,5)6)20-15-11-8-12-16-20/h7-16,21-22H,17-18H2,1-6H3. The van der Waals surface area contributed by atoms with Crippen molar-refractivity contribution in [1.82, 2.24) is 0 Å². The van der Waals surface area contributed by atoms with Crippen LogP contribution in [0.1, 0.15) is 77.7 Å². The maximum absolute atomic E-state index is 6.77. The Morgan fingerprint density at radius 3 is 1.20 bits per heavy atom. The van der Waals surface area contributed by atoms with Crippen LogP contribution in [0.5, 0.6) is 0 Å². The third-order valence-corrected chi connectivity index (χ3v) is 4.27. The Bertz CT molecular complexity index is 559. The van der Waals surface area contributed by atoms with Crippen LogP contribution < -0.4 is 0 Å². The van der Waals surface area contributed by atoms with Gasteiger partial charge in [-0.05, 0) is 34.8 Å². The van der Waals surface area contributed by atoms with Gasteiger partial charge in [0, 0.05) is 0 Å². The number of hydrogen-bond donors (Lipinski definition) is 0. The Kier molecular flexibility index (Phi) is 6.46. The van der Waals surface area contributed by atoms with Crippen LogP contribution in [0, 0.1) is 10.8 Å². The molecular formula is C24H34O. The summed E-state index contributed by atoms with van der Waals surface area (Å²) in [5.41, 5.74) is 2.96. The first-order valence-corrected chi connectivity index (χ1v) is 9.39. The summed E-state index contributed by atoms with van der Waals surface area (Å²) < 4.78 is 6.77. The molecule has 0 N–H and O–H groups in total. The van der Waals surface area contributed by atoms with Crippen molar-refractivity contribution in [2.45, 2.75) is 66.6 Å². The molecule has 0 saturated carbocycles. The third-order valence-electron chi connectivity index (χ3n) is 4.27. The number of hydrogen-bond acceptors (Lipinski definition) is 1. The van der Waals surface area contributed by atoms with Crippen LogP contribution in [0.25, 0.3) is 0 Å². The molecule has 2 aromatic rings. The minimum absolute atomic E-state index is 0.105. The molecule has 0 saturated heterocycles. The molecule has 0 aliphatic carbocycles. The Morgan fingerprint density at radius 1 is 0.600 bits per heavy atom. The molecule has 0 heterocycles. The van der Waals surface area contributed by atoms with Crippen LogP contribution in [-0.2, 0) is 4.74 Å². The second-order valence-corrected chi connectivity index (χ2v) is 9.46. The SMILES string of the molecule is CC(C)(C)CC(OC(CC(C)(C)C)c1ccccc1)c1ccccc1. The molecule has 0 bridgehead atoms. The van der Waals surface area contributed by atoms with E-state index in [1.165, 1.54) is 11.1 Å². The van der Waals surface area contributed by atoms with E-state index < -0.39 is 0 Å². The molecule has 2 atom stereocenters. The molecule has 0 aromatic heterocycles. The Morgan fingerprint density at radius 2 is 0.920 bits per heavy atom. The van der Waals surface area contributed by atoms with E-state index in [0.717, 1.165) is 12.8 Å². The third kappa shape index (κ3) is 7.04. The molecule has 0 amide bonds. The highest BCUT2D eigenvalue weighted by Crippen LogP contribution is 2.40. The van der Waals surface area contributed by atoms with Gasteiger partial charge in [0.1, 0.15) is 0 Å². The molecule has 0 radical (unpaired) electrons. The first-order chi connectivity index (χ1) is 11.6. The maximum Gasteiger partial charge on any atom is 0.0838 e. The van der Waals surface area contributed by atoms with Crippen molar-refractivity contribution in [2.24, 2.45) is 10.8 Å². The van der Waals surface area contributed by atoms with Gasteiger partial charge in [-0.2, -0.15) is 0 Å². The molecule has 25 heavy (non-hydrogen) atoms. The summed E-state index contributed by atoms with van der Waals surface area (Å²) >= 11 is 0. The average molecular weight is 339 g/mol. The predicted octanol–water partition coefficient (Wildman–Crippen LogP) is 7.36. The van der Waals surface area contributed by atoms with E-state index in [-0.39, 0.29) is 23.0 Å². The highest BCUT2D eigenvalue weighted by molar-refractivity contribution is 5.20. The van der Waals surface area contributed by atoms with E-state index in [9.17, 15) is 0 Å². The van der Waals surface area contributed by atoms with Crippen molar-refractivity contribution < 1.29 is 4.74 Å². The fourth-order valence-corrected chi connectivity index (χ4v) is 3.14. The van der Waals surface area contributed by atoms with Gasteiger partial charge in [-0.1, -0.05) is 102 Å². The average Bonchev–Trinajstić information content (AvgIpc) is 2.53. The zero-order chi connectivity index (χ0) is 18.5. The Labute approximate surface area is 154 Å². The van der Waals surface area contributed by atoms with Crippen LogP contribution in [0.4, 0.5) is 0 Å². The Balaban J connectivity index is 2.31. The van der Waals surface area contributed by atoms with Gasteiger partial charge in [-0.15, -0.1) is 0 Å². The molecule has 1 heteroatoms. The normalized spacial score (nSPS) is 15.0. The molecule has 0 aliphatic heterocycles. The van der Waals surface area contributed by atoms with Crippen LogP contribution in [-0.4, -0.2) is 0 Å². The minimum Gasteiger partial charge on any atom is -0.366 e. The highest BCUT2D eigenvalue weighted by Gasteiger charge is 2.27. The lowest BCUT2D eigenvalue weighted by molar-refractivity contribution is -0.0512. The van der Waals surface area contributed by atoms with E-state index in [2.05, 4.69) is 102 Å². The van der Waals surface area contributed by atoms with E-state index in [4.69, 9.17) is 4.74 Å². The van der Waals surface area contributed by atoms with Crippen molar-refractivity contribution in [1.29, 1.82) is 0 Å². The van der Waals surface area contributed by atoms with Crippen LogP contribution in [0.3, 0.4) is 0 Å². The predicted molar refractivity (Wildman–Crippen MR) is 108 cm³/mol. The second-order valence-electron chi connectivity index (χ2n) is 9.46. The van der Waals surface area contributed by atoms with Crippen molar-refractivity contribution in [2.75, 3.05) is 0 Å². The quantitative estimate of drug-likeness (QED) is 0.534. The van der Waals surface area contributed by atoms with Gasteiger partial charge in [-0.3, -0.25) is 0 Å². The highest BCUT2D eigenvalue weighted by atomic mass is 16.5. The van der Waals surface area contributed by atoms with Crippen molar-refractivity contribution in [3.05, 3.63) is 71.8 Å². The zero-order valence-electron chi connectivity index (χ0n) is 16.8. The summed E-state index contributed by atoms with van der Waals surface area (Å²) in [6.45, 7) is 13.7. The molecular weight excluding hydrogens is 304 g/mol. The summed E-state index contributed by atoms with van der Waals surface area (Å²) in [5, 5.41) is 0. The molecule has 2 aromatic carbocycles. The summed E-state index contributed by atoms with van der Waals surface area (Å²) in [6.07, 6.45) is 2.22. The lowest BCUT2D eigenvalue weighted by Gasteiger charge is -2.33. The number of ether oxygens (including phenoxy) is 1. The first-order valence-electron chi connectivity index (χ1n) is 9.39. The lowest BCUT2D eigenvalue weighted by Crippen LogP contribution is -2.20. The topological polar surface area (TPSA) is 9.23 Å². The lowest BCUT2D eigenvalue weighted by atomic mass is 9.85. The molecule has 2 rings (SSSR count). The largest absolute Gasteiger partial charge is 0.366 e. The van der Waals surface area contributed by atoms with Gasteiger partial charge in [0.2, 0.25) is 0 Å². The fourth-order valence-electron chi connectivity index (χ4n) is 3.14. The first kappa shape index (κ1) is 19.7. The van der Waals surface area contributed by atoms with Crippen molar-refractivity contribution in [3.63, 3.8) is 0 Å². The van der Waals surface area contributed by atoms with E-state index >= 15 is 0 Å². The van der Waals surface area contributed by atoms with Gasteiger partial charge in [-0.25, -0.2) is 0 Å². The molecule has 0 aliphatic rings. The van der Waals surface area contributed by atoms with E-state index in [0.29, 0.717) is 0 Å². The summed E-state index contributed by atoms with van der Waals surface area (Å²) in [5.74, 6) is 0. The van der Waals surface area contributed by atoms with Gasteiger partial charge in [0.05, 0.1) is 12.2 Å². The van der Waals surface area contributed by atoms with E-state index in [1.54, 1.807) is 0 Å². The molecule has 1 nitrogen and oxygen atoms in total. The molecule has 0 fully saturated rings. The van der Waals surface area contributed by atoms with Crippen LogP contribution in [0.2, 0.25) is 0 Å². The number of rotatable bonds is 6. The summed E-state index contributed by atoms with van der Waals surface area (Å²) in [6, 6.07) is 21.3. The van der Waals surface area contributed by atoms with Crippen LogP contribution in [0.15, 0.2) is 60.7 Å². The van der Waals surface area contributed by atoms with E-state index in [1.807, 2.05) is 0 Å². The van der Waals surface area contributed by atoms with Crippen molar-refractivity contribution >= 4 is 0 Å². The molecule has 2 unspecified atom stereocenters. The fraction of sp³-hybridized carbons (Fsp3) is 0.500. The molecule has 136 valence electrons. The van der Waals surface area contributed by atoms with Gasteiger partial charge >= 0.3 is 0 Å². The maximum atomic E-state index is 6.77. The smallest absolute Gasteiger partial charge is 0.0838 e. The van der Waals surface area contributed by atoms with Crippen LogP contribution >= 0.6 is 0 Å². The Hall–Kier alpha value is -1.60. The monoisotopic (exact) mass is 338 g/mol. The summed E-state index contributed by atoms with van der Waals surface area (Å²) in [7, 11) is 0. The van der Waals surface area contributed by atoms with Crippen molar-refractivity contribution in [3.8, 4) is 0 Å². The minimum atomic E-state index is 0.105. The van der Waals surface area contributed by atoms with Gasteiger partial charge in [0.25, 0.3) is 0 Å². The summed E-state index contributed by atoms with van der Waals surface area (Å²) in [4.78, 5) is 0. The van der Waals surface area contributed by atoms with Gasteiger partial charge in [0.15, 0.2) is 0 Å². The second kappa shape index (κ2) is 8.19. The molecule has 0 spiro atoms.